The molecule has 0 spiro atoms. The van der Waals surface area contributed by atoms with E-state index in [2.05, 4.69) is 28.1 Å². The van der Waals surface area contributed by atoms with E-state index in [4.69, 9.17) is 9.47 Å². The number of ether oxygens (including phenoxy) is 2. The van der Waals surface area contributed by atoms with Crippen LogP contribution in [0.15, 0.2) is 48.5 Å². The van der Waals surface area contributed by atoms with Crippen molar-refractivity contribution in [2.24, 2.45) is 0 Å². The Balaban J connectivity index is 1.36. The Morgan fingerprint density at radius 3 is 2.57 bits per heavy atom. The molecule has 8 nitrogen and oxygen atoms in total. The number of piperazine rings is 1. The van der Waals surface area contributed by atoms with Gasteiger partial charge in [0, 0.05) is 49.5 Å². The molecule has 2 aromatic carbocycles. The maximum Gasteiger partial charge on any atom is 0.254 e. The van der Waals surface area contributed by atoms with Gasteiger partial charge in [-0.05, 0) is 42.7 Å². The molecule has 37 heavy (non-hydrogen) atoms. The molecule has 2 amide bonds. The minimum absolute atomic E-state index is 0.00343. The standard InChI is InChI=1S/C29H34N4O4/c1-29-27-26(22-6-3-4-7-24(22)30-27)23(20-8-10-21(36-2)11-9-20)18-33(29)25(34)19-32(28(29)35)13-5-12-31-14-16-37-17-15-31/h3-4,6-11,23,30H,5,12-19H2,1-2H3/t23-,29+/m1/s1. The van der Waals surface area contributed by atoms with Crippen LogP contribution in [0.2, 0.25) is 0 Å². The number of nitrogens with one attached hydrogen (secondary N) is 1. The Morgan fingerprint density at radius 1 is 1.05 bits per heavy atom. The summed E-state index contributed by atoms with van der Waals surface area (Å²) < 4.78 is 10.8. The first-order valence-electron chi connectivity index (χ1n) is 13.2. The van der Waals surface area contributed by atoms with Crippen molar-refractivity contribution in [3.8, 4) is 5.75 Å². The number of H-pyrrole nitrogens is 1. The number of methoxy groups -OCH3 is 1. The number of morpholine rings is 1. The summed E-state index contributed by atoms with van der Waals surface area (Å²) in [5.74, 6) is 0.738. The predicted octanol–water partition coefficient (Wildman–Crippen LogP) is 2.93. The minimum Gasteiger partial charge on any atom is -0.497 e. The van der Waals surface area contributed by atoms with Crippen LogP contribution in [0.4, 0.5) is 0 Å². The number of carbonyl (C=O) groups excluding carboxylic acids is 2. The van der Waals surface area contributed by atoms with Gasteiger partial charge in [-0.3, -0.25) is 14.5 Å². The molecule has 2 fully saturated rings. The highest BCUT2D eigenvalue weighted by Crippen LogP contribution is 2.48. The number of para-hydroxylation sites is 1. The highest BCUT2D eigenvalue weighted by molar-refractivity contribution is 6.01. The molecule has 6 rings (SSSR count). The number of aromatic nitrogens is 1. The van der Waals surface area contributed by atoms with Crippen molar-refractivity contribution >= 4 is 22.7 Å². The van der Waals surface area contributed by atoms with Crippen molar-refractivity contribution in [3.05, 3.63) is 65.4 Å². The molecule has 0 radical (unpaired) electrons. The molecule has 4 heterocycles. The lowest BCUT2D eigenvalue weighted by Gasteiger charge is -2.51. The number of hydrogen-bond donors (Lipinski definition) is 1. The maximum atomic E-state index is 14.1. The summed E-state index contributed by atoms with van der Waals surface area (Å²) in [4.78, 5) is 37.3. The highest BCUT2D eigenvalue weighted by atomic mass is 16.5. The number of fused-ring (bicyclic) bond motifs is 5. The van der Waals surface area contributed by atoms with Gasteiger partial charge in [0.2, 0.25) is 5.91 Å². The molecule has 0 aliphatic carbocycles. The van der Waals surface area contributed by atoms with Crippen LogP contribution in [0.1, 0.15) is 36.1 Å². The van der Waals surface area contributed by atoms with Gasteiger partial charge >= 0.3 is 0 Å². The number of rotatable bonds is 6. The first-order valence-corrected chi connectivity index (χ1v) is 13.2. The molecule has 0 unspecified atom stereocenters. The van der Waals surface area contributed by atoms with Gasteiger partial charge in [0.05, 0.1) is 32.6 Å². The average molecular weight is 503 g/mol. The van der Waals surface area contributed by atoms with Crippen LogP contribution in [0.5, 0.6) is 5.75 Å². The van der Waals surface area contributed by atoms with Gasteiger partial charge in [0.1, 0.15) is 5.75 Å². The lowest BCUT2D eigenvalue weighted by molar-refractivity contribution is -0.166. The smallest absolute Gasteiger partial charge is 0.254 e. The van der Waals surface area contributed by atoms with E-state index in [-0.39, 0.29) is 24.3 Å². The summed E-state index contributed by atoms with van der Waals surface area (Å²) in [5, 5.41) is 1.10. The van der Waals surface area contributed by atoms with E-state index in [0.717, 1.165) is 72.7 Å². The largest absolute Gasteiger partial charge is 0.497 e. The fraction of sp³-hybridized carbons (Fsp3) is 0.448. The lowest BCUT2D eigenvalue weighted by atomic mass is 9.76. The van der Waals surface area contributed by atoms with Gasteiger partial charge in [0.25, 0.3) is 5.91 Å². The van der Waals surface area contributed by atoms with Crippen molar-refractivity contribution in [3.63, 3.8) is 0 Å². The van der Waals surface area contributed by atoms with E-state index >= 15 is 0 Å². The minimum atomic E-state index is -1.06. The van der Waals surface area contributed by atoms with Gasteiger partial charge in [-0.15, -0.1) is 0 Å². The first kappa shape index (κ1) is 24.0. The molecule has 3 aromatic rings. The first-order chi connectivity index (χ1) is 18.0. The monoisotopic (exact) mass is 502 g/mol. The van der Waals surface area contributed by atoms with Crippen LogP contribution in [0, 0.1) is 0 Å². The highest BCUT2D eigenvalue weighted by Gasteiger charge is 2.56. The van der Waals surface area contributed by atoms with E-state index in [0.29, 0.717) is 13.1 Å². The lowest BCUT2D eigenvalue weighted by Crippen LogP contribution is -2.67. The quantitative estimate of drug-likeness (QED) is 0.561. The number of amides is 2. The van der Waals surface area contributed by atoms with Crippen molar-refractivity contribution < 1.29 is 19.1 Å². The van der Waals surface area contributed by atoms with Crippen molar-refractivity contribution in [2.45, 2.75) is 24.8 Å². The van der Waals surface area contributed by atoms with Crippen LogP contribution in [0.3, 0.4) is 0 Å². The van der Waals surface area contributed by atoms with Gasteiger partial charge in [-0.2, -0.15) is 0 Å². The van der Waals surface area contributed by atoms with Crippen LogP contribution >= 0.6 is 0 Å². The fourth-order valence-electron chi connectivity index (χ4n) is 6.30. The zero-order valence-electron chi connectivity index (χ0n) is 21.5. The summed E-state index contributed by atoms with van der Waals surface area (Å²) in [6.07, 6.45) is 0.836. The molecule has 8 heteroatoms. The number of carbonyl (C=O) groups is 2. The number of aromatic amines is 1. The predicted molar refractivity (Wildman–Crippen MR) is 141 cm³/mol. The molecule has 1 N–H and O–H groups in total. The molecule has 2 atom stereocenters. The Labute approximate surface area is 217 Å². The van der Waals surface area contributed by atoms with Crippen LogP contribution in [0.25, 0.3) is 10.9 Å². The van der Waals surface area contributed by atoms with E-state index in [1.165, 1.54) is 0 Å². The van der Waals surface area contributed by atoms with Crippen LogP contribution in [-0.4, -0.2) is 91.1 Å². The van der Waals surface area contributed by atoms with E-state index in [9.17, 15) is 9.59 Å². The zero-order valence-corrected chi connectivity index (χ0v) is 21.5. The zero-order chi connectivity index (χ0) is 25.6. The van der Waals surface area contributed by atoms with Crippen molar-refractivity contribution in [2.75, 3.05) is 59.6 Å². The summed E-state index contributed by atoms with van der Waals surface area (Å²) in [6.45, 7) is 7.33. The van der Waals surface area contributed by atoms with Crippen LogP contribution < -0.4 is 4.74 Å². The molecule has 3 aliphatic heterocycles. The van der Waals surface area contributed by atoms with Gasteiger partial charge in [-0.25, -0.2) is 0 Å². The third kappa shape index (κ3) is 3.99. The van der Waals surface area contributed by atoms with E-state index < -0.39 is 5.54 Å². The molecule has 3 aliphatic rings. The fourth-order valence-corrected chi connectivity index (χ4v) is 6.30. The van der Waals surface area contributed by atoms with E-state index in [1.54, 1.807) is 16.9 Å². The van der Waals surface area contributed by atoms with Crippen molar-refractivity contribution in [1.29, 1.82) is 0 Å². The summed E-state index contributed by atoms with van der Waals surface area (Å²) in [7, 11) is 1.66. The van der Waals surface area contributed by atoms with E-state index in [1.807, 2.05) is 37.3 Å². The van der Waals surface area contributed by atoms with Crippen molar-refractivity contribution in [1.82, 2.24) is 19.7 Å². The van der Waals surface area contributed by atoms with Gasteiger partial charge < -0.3 is 24.3 Å². The summed E-state index contributed by atoms with van der Waals surface area (Å²) >= 11 is 0. The molecule has 194 valence electrons. The van der Waals surface area contributed by atoms with Gasteiger partial charge in [0.15, 0.2) is 5.54 Å². The second kappa shape index (κ2) is 9.50. The van der Waals surface area contributed by atoms with Crippen LogP contribution in [-0.2, 0) is 19.9 Å². The Hall–Kier alpha value is -3.36. The molecule has 1 aromatic heterocycles. The Morgan fingerprint density at radius 2 is 1.81 bits per heavy atom. The Kier molecular flexibility index (Phi) is 6.16. The molecular formula is C29H34N4O4. The number of benzene rings is 2. The normalized spacial score (nSPS) is 24.3. The second-order valence-electron chi connectivity index (χ2n) is 10.4. The summed E-state index contributed by atoms with van der Waals surface area (Å²) in [5.41, 5.74) is 2.96. The topological polar surface area (TPSA) is 78.1 Å². The third-order valence-electron chi connectivity index (χ3n) is 8.34. The third-order valence-corrected chi connectivity index (χ3v) is 8.34. The maximum absolute atomic E-state index is 14.1. The average Bonchev–Trinajstić information content (AvgIpc) is 3.33. The summed E-state index contributed by atoms with van der Waals surface area (Å²) in [6, 6.07) is 16.2. The molecule has 2 saturated heterocycles. The molecule has 0 bridgehead atoms. The Bertz CT molecular complexity index is 1310. The number of nitrogens with zero attached hydrogens (tertiary/aromatic N) is 3. The molecule has 0 saturated carbocycles. The molecular weight excluding hydrogens is 468 g/mol. The number of hydrogen-bond acceptors (Lipinski definition) is 5. The second-order valence-corrected chi connectivity index (χ2v) is 10.4. The van der Waals surface area contributed by atoms with Gasteiger partial charge in [-0.1, -0.05) is 30.3 Å². The SMILES string of the molecule is COc1ccc([C@H]2CN3C(=O)CN(CCCN4CCOCC4)C(=O)[C@]3(C)c3[nH]c4ccccc4c32)cc1.